The van der Waals surface area contributed by atoms with Gasteiger partial charge in [0.25, 0.3) is 0 Å². The minimum absolute atomic E-state index is 0.148. The third-order valence-corrected chi connectivity index (χ3v) is 3.74. The Labute approximate surface area is 117 Å². The Morgan fingerprint density at radius 1 is 1.44 bits per heavy atom. The number of halogens is 1. The van der Waals surface area contributed by atoms with Gasteiger partial charge in [-0.05, 0) is 32.9 Å². The predicted octanol–water partition coefficient (Wildman–Crippen LogP) is 1.92. The molecule has 0 aliphatic heterocycles. The molecule has 0 aromatic carbocycles. The maximum absolute atomic E-state index is 5.60. The normalized spacial score (nSPS) is 10.4. The molecule has 0 unspecified atom stereocenters. The highest BCUT2D eigenvalue weighted by atomic mass is 79.9. The van der Waals surface area contributed by atoms with Crippen LogP contribution < -0.4 is 15.4 Å². The molecular formula is C10H12BrN5OS. The third-order valence-electron chi connectivity index (χ3n) is 2.19. The van der Waals surface area contributed by atoms with Crippen LogP contribution in [0.15, 0.2) is 15.2 Å². The quantitative estimate of drug-likeness (QED) is 0.923. The summed E-state index contributed by atoms with van der Waals surface area (Å²) >= 11 is 5.07. The number of aromatic nitrogens is 3. The summed E-state index contributed by atoms with van der Waals surface area (Å²) in [5.41, 5.74) is 6.77. The van der Waals surface area contributed by atoms with Gasteiger partial charge in [0.1, 0.15) is 0 Å². The highest BCUT2D eigenvalue weighted by Crippen LogP contribution is 2.22. The lowest BCUT2D eigenvalue weighted by Crippen LogP contribution is -2.20. The smallest absolute Gasteiger partial charge is 0.322 e. The molecule has 18 heavy (non-hydrogen) atoms. The summed E-state index contributed by atoms with van der Waals surface area (Å²) in [5.74, 6) is 0.636. The van der Waals surface area contributed by atoms with Crippen LogP contribution in [-0.4, -0.2) is 29.1 Å². The summed E-state index contributed by atoms with van der Waals surface area (Å²) < 4.78 is 6.06. The van der Waals surface area contributed by atoms with Crippen molar-refractivity contribution in [2.24, 2.45) is 0 Å². The van der Waals surface area contributed by atoms with Crippen LogP contribution in [0.2, 0.25) is 0 Å². The van der Waals surface area contributed by atoms with E-state index < -0.39 is 0 Å². The third kappa shape index (κ3) is 3.08. The molecule has 0 amide bonds. The summed E-state index contributed by atoms with van der Waals surface area (Å²) in [6.07, 6.45) is 0. The number of nitrogens with two attached hydrogens (primary N) is 1. The summed E-state index contributed by atoms with van der Waals surface area (Å²) in [7, 11) is 3.38. The monoisotopic (exact) mass is 329 g/mol. The van der Waals surface area contributed by atoms with Crippen molar-refractivity contribution in [3.63, 3.8) is 0 Å². The molecule has 2 aromatic rings. The van der Waals surface area contributed by atoms with E-state index in [0.717, 1.165) is 3.79 Å². The summed E-state index contributed by atoms with van der Waals surface area (Å²) in [6.45, 7) is 0.689. The van der Waals surface area contributed by atoms with Crippen LogP contribution >= 0.6 is 27.3 Å². The van der Waals surface area contributed by atoms with Crippen molar-refractivity contribution in [1.29, 1.82) is 0 Å². The molecule has 2 aromatic heterocycles. The van der Waals surface area contributed by atoms with Gasteiger partial charge >= 0.3 is 6.01 Å². The van der Waals surface area contributed by atoms with Crippen LogP contribution in [0.25, 0.3) is 0 Å². The zero-order chi connectivity index (χ0) is 13.1. The Hall–Kier alpha value is -1.41. The first-order valence-electron chi connectivity index (χ1n) is 5.08. The molecule has 0 saturated heterocycles. The molecule has 0 radical (unpaired) electrons. The number of methoxy groups -OCH3 is 1. The number of nitrogens with zero attached hydrogens (tertiary/aromatic N) is 4. The lowest BCUT2D eigenvalue weighted by Gasteiger charge is -2.16. The Morgan fingerprint density at radius 2 is 2.22 bits per heavy atom. The second-order valence-electron chi connectivity index (χ2n) is 3.60. The fourth-order valence-electron chi connectivity index (χ4n) is 1.40. The van der Waals surface area contributed by atoms with Crippen molar-refractivity contribution >= 4 is 39.2 Å². The van der Waals surface area contributed by atoms with E-state index >= 15 is 0 Å². The van der Waals surface area contributed by atoms with E-state index in [-0.39, 0.29) is 12.0 Å². The van der Waals surface area contributed by atoms with Crippen molar-refractivity contribution in [2.45, 2.75) is 6.54 Å². The molecule has 0 fully saturated rings. The molecule has 0 bridgehead atoms. The molecular weight excluding hydrogens is 318 g/mol. The Morgan fingerprint density at radius 3 is 2.83 bits per heavy atom. The Bertz CT molecular complexity index is 547. The molecule has 0 aliphatic rings. The van der Waals surface area contributed by atoms with E-state index in [1.54, 1.807) is 11.3 Å². The van der Waals surface area contributed by atoms with Gasteiger partial charge in [0.05, 0.1) is 10.9 Å². The van der Waals surface area contributed by atoms with E-state index in [2.05, 4.69) is 42.3 Å². The first-order chi connectivity index (χ1) is 8.58. The van der Waals surface area contributed by atoms with Gasteiger partial charge in [-0.2, -0.15) is 15.0 Å². The number of thiophene rings is 1. The van der Waals surface area contributed by atoms with Crippen molar-refractivity contribution in [2.75, 3.05) is 24.8 Å². The first-order valence-corrected chi connectivity index (χ1v) is 6.75. The van der Waals surface area contributed by atoms with E-state index in [0.29, 0.717) is 12.5 Å². The average Bonchev–Trinajstić information content (AvgIpc) is 2.73. The van der Waals surface area contributed by atoms with Crippen LogP contribution in [0.4, 0.5) is 11.9 Å². The molecule has 2 N–H and O–H groups in total. The van der Waals surface area contributed by atoms with E-state index in [1.807, 2.05) is 11.9 Å². The van der Waals surface area contributed by atoms with Gasteiger partial charge in [-0.3, -0.25) is 0 Å². The fraction of sp³-hybridized carbons (Fsp3) is 0.300. The highest BCUT2D eigenvalue weighted by molar-refractivity contribution is 9.11. The largest absolute Gasteiger partial charge is 0.467 e. The lowest BCUT2D eigenvalue weighted by molar-refractivity contribution is 0.379. The summed E-state index contributed by atoms with van der Waals surface area (Å²) in [4.78, 5) is 14.0. The van der Waals surface area contributed by atoms with Gasteiger partial charge in [-0.15, -0.1) is 11.3 Å². The number of rotatable bonds is 4. The Balaban J connectivity index is 2.17. The average molecular weight is 330 g/mol. The zero-order valence-electron chi connectivity index (χ0n) is 9.92. The van der Waals surface area contributed by atoms with Gasteiger partial charge in [-0.1, -0.05) is 0 Å². The van der Waals surface area contributed by atoms with Gasteiger partial charge in [0.2, 0.25) is 11.9 Å². The molecule has 8 heteroatoms. The van der Waals surface area contributed by atoms with E-state index in [9.17, 15) is 0 Å². The van der Waals surface area contributed by atoms with Crippen LogP contribution in [0, 0.1) is 0 Å². The van der Waals surface area contributed by atoms with Crippen molar-refractivity contribution in [1.82, 2.24) is 15.0 Å². The molecule has 2 heterocycles. The molecule has 6 nitrogen and oxygen atoms in total. The van der Waals surface area contributed by atoms with Crippen LogP contribution in [-0.2, 0) is 6.54 Å². The van der Waals surface area contributed by atoms with Crippen LogP contribution in [0.1, 0.15) is 5.56 Å². The molecule has 2 rings (SSSR count). The second kappa shape index (κ2) is 5.49. The first kappa shape index (κ1) is 13.0. The van der Waals surface area contributed by atoms with E-state index in [1.165, 1.54) is 12.7 Å². The van der Waals surface area contributed by atoms with Crippen molar-refractivity contribution in [3.8, 4) is 6.01 Å². The SMILES string of the molecule is COc1nc(N)nc(N(C)Cc2csc(Br)c2)n1. The molecule has 0 saturated carbocycles. The highest BCUT2D eigenvalue weighted by Gasteiger charge is 2.10. The van der Waals surface area contributed by atoms with Gasteiger partial charge in [-0.25, -0.2) is 0 Å². The molecule has 0 atom stereocenters. The number of nitrogen functional groups attached to an aromatic ring is 1. The molecule has 96 valence electrons. The van der Waals surface area contributed by atoms with E-state index in [4.69, 9.17) is 10.5 Å². The van der Waals surface area contributed by atoms with Crippen molar-refractivity contribution < 1.29 is 4.74 Å². The Kier molecular flexibility index (Phi) is 3.97. The molecule has 0 spiro atoms. The number of hydrogen-bond donors (Lipinski definition) is 1. The second-order valence-corrected chi connectivity index (χ2v) is 5.89. The minimum atomic E-state index is 0.148. The predicted molar refractivity (Wildman–Crippen MR) is 74.9 cm³/mol. The zero-order valence-corrected chi connectivity index (χ0v) is 12.3. The minimum Gasteiger partial charge on any atom is -0.467 e. The lowest BCUT2D eigenvalue weighted by atomic mass is 10.3. The maximum Gasteiger partial charge on any atom is 0.322 e. The number of anilines is 2. The fourth-order valence-corrected chi connectivity index (χ4v) is 2.60. The van der Waals surface area contributed by atoms with Crippen LogP contribution in [0.3, 0.4) is 0 Å². The standard InChI is InChI=1S/C10H12BrN5OS/c1-16(4-6-3-7(11)18-5-6)9-13-8(12)14-10(15-9)17-2/h3,5H,4H2,1-2H3,(H2,12,13,14,15). The van der Waals surface area contributed by atoms with Crippen molar-refractivity contribution in [3.05, 3.63) is 20.8 Å². The van der Waals surface area contributed by atoms with Gasteiger partial charge in [0, 0.05) is 13.6 Å². The summed E-state index contributed by atoms with van der Waals surface area (Å²) in [5, 5.41) is 2.07. The summed E-state index contributed by atoms with van der Waals surface area (Å²) in [6, 6.07) is 2.28. The van der Waals surface area contributed by atoms with Gasteiger partial charge in [0.15, 0.2) is 0 Å². The van der Waals surface area contributed by atoms with Crippen LogP contribution in [0.5, 0.6) is 6.01 Å². The topological polar surface area (TPSA) is 77.2 Å². The number of hydrogen-bond acceptors (Lipinski definition) is 7. The van der Waals surface area contributed by atoms with Gasteiger partial charge < -0.3 is 15.4 Å². The molecule has 0 aliphatic carbocycles. The maximum atomic E-state index is 5.60. The number of ether oxygens (including phenoxy) is 1.